The van der Waals surface area contributed by atoms with Crippen LogP contribution < -0.4 is 0 Å². The molecule has 1 amide bonds. The van der Waals surface area contributed by atoms with Crippen LogP contribution in [0.5, 0.6) is 0 Å². The number of furan rings is 1. The van der Waals surface area contributed by atoms with Crippen molar-refractivity contribution in [2.24, 2.45) is 0 Å². The van der Waals surface area contributed by atoms with Crippen molar-refractivity contribution in [3.63, 3.8) is 0 Å². The Morgan fingerprint density at radius 2 is 1.83 bits per heavy atom. The summed E-state index contributed by atoms with van der Waals surface area (Å²) in [5, 5.41) is 1.03. The third-order valence-corrected chi connectivity index (χ3v) is 7.43. The number of benzene rings is 2. The first-order valence-corrected chi connectivity index (χ1v) is 12.0. The molecular weight excluding hydrogens is 445 g/mol. The Morgan fingerprint density at radius 1 is 1.07 bits per heavy atom. The first kappa shape index (κ1) is 21.0. The van der Waals surface area contributed by atoms with Crippen LogP contribution in [0.3, 0.4) is 0 Å². The number of rotatable bonds is 5. The molecule has 0 saturated carbocycles. The summed E-state index contributed by atoms with van der Waals surface area (Å²) in [6.45, 7) is 0.159. The molecule has 1 saturated heterocycles. The minimum absolute atomic E-state index is 0.0424. The Labute approximate surface area is 185 Å². The second-order valence-electron chi connectivity index (χ2n) is 7.25. The van der Waals surface area contributed by atoms with Gasteiger partial charge >= 0.3 is 0 Å². The van der Waals surface area contributed by atoms with Gasteiger partial charge < -0.3 is 9.32 Å². The van der Waals surface area contributed by atoms with Gasteiger partial charge in [-0.2, -0.15) is 0 Å². The first-order valence-electron chi connectivity index (χ1n) is 9.43. The van der Waals surface area contributed by atoms with E-state index in [1.165, 1.54) is 0 Å². The zero-order valence-corrected chi connectivity index (χ0v) is 18.3. The Bertz CT molecular complexity index is 1170. The number of carbonyl (C=O) groups excluding carboxylic acids is 1. The van der Waals surface area contributed by atoms with Crippen molar-refractivity contribution >= 4 is 38.9 Å². The number of nitrogens with zero attached hydrogens (tertiary/aromatic N) is 1. The lowest BCUT2D eigenvalue weighted by molar-refractivity contribution is 0.0666. The van der Waals surface area contributed by atoms with Gasteiger partial charge in [0.15, 0.2) is 9.84 Å². The average molecular weight is 464 g/mol. The van der Waals surface area contributed by atoms with Gasteiger partial charge in [-0.25, -0.2) is 8.42 Å². The summed E-state index contributed by atoms with van der Waals surface area (Å²) in [7, 11) is -3.15. The molecule has 0 radical (unpaired) electrons. The lowest BCUT2D eigenvalue weighted by Crippen LogP contribution is -2.40. The number of sulfone groups is 1. The monoisotopic (exact) mass is 463 g/mol. The Balaban J connectivity index is 1.63. The minimum Gasteiger partial charge on any atom is -0.459 e. The van der Waals surface area contributed by atoms with Crippen LogP contribution in [0.1, 0.15) is 22.5 Å². The number of halogens is 2. The van der Waals surface area contributed by atoms with Crippen molar-refractivity contribution in [1.29, 1.82) is 0 Å². The molecule has 0 spiro atoms. The highest BCUT2D eigenvalue weighted by Crippen LogP contribution is 2.32. The molecule has 8 heteroatoms. The van der Waals surface area contributed by atoms with Gasteiger partial charge in [0.1, 0.15) is 11.5 Å². The average Bonchev–Trinajstić information content (AvgIpc) is 3.34. The summed E-state index contributed by atoms with van der Waals surface area (Å²) in [5.41, 5.74) is 1.16. The largest absolute Gasteiger partial charge is 0.459 e. The van der Waals surface area contributed by atoms with E-state index in [0.29, 0.717) is 39.1 Å². The van der Waals surface area contributed by atoms with Gasteiger partial charge in [-0.3, -0.25) is 4.79 Å². The fourth-order valence-corrected chi connectivity index (χ4v) is 5.71. The lowest BCUT2D eigenvalue weighted by atomic mass is 10.1. The van der Waals surface area contributed by atoms with Crippen LogP contribution in [0, 0.1) is 0 Å². The van der Waals surface area contributed by atoms with E-state index in [0.717, 1.165) is 0 Å². The summed E-state index contributed by atoms with van der Waals surface area (Å²) in [6.07, 6.45) is 0.411. The van der Waals surface area contributed by atoms with Crippen LogP contribution in [0.4, 0.5) is 0 Å². The molecular formula is C22H19Cl2NO4S. The molecule has 2 heterocycles. The maximum Gasteiger partial charge on any atom is 0.254 e. The smallest absolute Gasteiger partial charge is 0.254 e. The van der Waals surface area contributed by atoms with E-state index >= 15 is 0 Å². The van der Waals surface area contributed by atoms with Crippen LogP contribution in [-0.4, -0.2) is 36.8 Å². The minimum atomic E-state index is -3.15. The van der Waals surface area contributed by atoms with Gasteiger partial charge in [0, 0.05) is 22.2 Å². The predicted molar refractivity (Wildman–Crippen MR) is 118 cm³/mol. The fraction of sp³-hybridized carbons (Fsp3) is 0.227. The van der Waals surface area contributed by atoms with Crippen LogP contribution >= 0.6 is 23.2 Å². The second kappa shape index (κ2) is 8.46. The molecule has 156 valence electrons. The Morgan fingerprint density at radius 3 is 2.53 bits per heavy atom. The van der Waals surface area contributed by atoms with Crippen molar-refractivity contribution in [1.82, 2.24) is 4.90 Å². The summed E-state index contributed by atoms with van der Waals surface area (Å²) in [6, 6.07) is 17.1. The number of carbonyl (C=O) groups is 1. The summed E-state index contributed by atoms with van der Waals surface area (Å²) >= 11 is 12.3. The maximum atomic E-state index is 13.2. The number of hydrogen-bond donors (Lipinski definition) is 0. The molecule has 0 aliphatic carbocycles. The third-order valence-electron chi connectivity index (χ3n) is 5.11. The van der Waals surface area contributed by atoms with E-state index in [4.69, 9.17) is 27.6 Å². The summed E-state index contributed by atoms with van der Waals surface area (Å²) in [5.74, 6) is 0.881. The first-order chi connectivity index (χ1) is 14.3. The van der Waals surface area contributed by atoms with Gasteiger partial charge in [0.25, 0.3) is 5.91 Å². The van der Waals surface area contributed by atoms with Crippen LogP contribution in [0.2, 0.25) is 10.0 Å². The van der Waals surface area contributed by atoms with E-state index in [1.807, 2.05) is 6.07 Å². The van der Waals surface area contributed by atoms with E-state index in [1.54, 1.807) is 59.5 Å². The maximum absolute atomic E-state index is 13.2. The molecule has 4 rings (SSSR count). The molecule has 30 heavy (non-hydrogen) atoms. The molecule has 1 fully saturated rings. The van der Waals surface area contributed by atoms with Gasteiger partial charge in [-0.15, -0.1) is 0 Å². The van der Waals surface area contributed by atoms with Crippen molar-refractivity contribution in [3.8, 4) is 11.3 Å². The molecule has 3 aromatic rings. The highest BCUT2D eigenvalue weighted by atomic mass is 35.5. The predicted octanol–water partition coefficient (Wildman–Crippen LogP) is 5.08. The molecule has 0 unspecified atom stereocenters. The highest BCUT2D eigenvalue weighted by molar-refractivity contribution is 7.91. The van der Waals surface area contributed by atoms with Gasteiger partial charge in [-0.05, 0) is 48.9 Å². The molecule has 0 bridgehead atoms. The third kappa shape index (κ3) is 4.56. The molecule has 1 aliphatic heterocycles. The standard InChI is InChI=1S/C22H19Cl2NO4S/c23-16-6-8-20(24)19(12-16)21-9-7-18(29-21)13-25(17-10-11-30(27,28)14-17)22(26)15-4-2-1-3-5-15/h1-9,12,17H,10-11,13-14H2/t17-/m0/s1. The highest BCUT2D eigenvalue weighted by Gasteiger charge is 2.35. The van der Waals surface area contributed by atoms with Crippen molar-refractivity contribution in [3.05, 3.63) is 82.0 Å². The molecule has 1 aromatic heterocycles. The van der Waals surface area contributed by atoms with Gasteiger partial charge in [0.05, 0.1) is 23.1 Å². The van der Waals surface area contributed by atoms with E-state index < -0.39 is 15.9 Å². The number of amides is 1. The van der Waals surface area contributed by atoms with Gasteiger partial charge in [-0.1, -0.05) is 41.4 Å². The summed E-state index contributed by atoms with van der Waals surface area (Å²) in [4.78, 5) is 14.8. The van der Waals surface area contributed by atoms with E-state index in [-0.39, 0.29) is 24.0 Å². The lowest BCUT2D eigenvalue weighted by Gasteiger charge is -2.27. The topological polar surface area (TPSA) is 67.6 Å². The Hall–Kier alpha value is -2.28. The van der Waals surface area contributed by atoms with Crippen molar-refractivity contribution < 1.29 is 17.6 Å². The van der Waals surface area contributed by atoms with Gasteiger partial charge in [0.2, 0.25) is 0 Å². The molecule has 5 nitrogen and oxygen atoms in total. The zero-order valence-electron chi connectivity index (χ0n) is 15.9. The second-order valence-corrected chi connectivity index (χ2v) is 10.3. The van der Waals surface area contributed by atoms with Crippen molar-refractivity contribution in [2.75, 3.05) is 11.5 Å². The quantitative estimate of drug-likeness (QED) is 0.528. The van der Waals surface area contributed by atoms with Crippen LogP contribution in [0.25, 0.3) is 11.3 Å². The summed E-state index contributed by atoms with van der Waals surface area (Å²) < 4.78 is 30.0. The van der Waals surface area contributed by atoms with E-state index in [9.17, 15) is 13.2 Å². The molecule has 2 aromatic carbocycles. The van der Waals surface area contributed by atoms with Crippen molar-refractivity contribution in [2.45, 2.75) is 19.0 Å². The molecule has 1 aliphatic rings. The van der Waals surface area contributed by atoms with Crippen LogP contribution in [-0.2, 0) is 16.4 Å². The zero-order chi connectivity index (χ0) is 21.3. The fourth-order valence-electron chi connectivity index (χ4n) is 3.60. The number of hydrogen-bond acceptors (Lipinski definition) is 4. The normalized spacial score (nSPS) is 17.7. The molecule has 0 N–H and O–H groups in total. The van der Waals surface area contributed by atoms with E-state index in [2.05, 4.69) is 0 Å². The molecule has 1 atom stereocenters. The Kier molecular flexibility index (Phi) is 5.91. The van der Waals surface area contributed by atoms with Crippen LogP contribution in [0.15, 0.2) is 65.1 Å². The SMILES string of the molecule is O=C(c1ccccc1)N(Cc1ccc(-c2cc(Cl)ccc2Cl)o1)[C@H]1CCS(=O)(=O)C1.